The molecule has 0 N–H and O–H groups in total. The van der Waals surface area contributed by atoms with Gasteiger partial charge in [0.15, 0.2) is 0 Å². The van der Waals surface area contributed by atoms with Gasteiger partial charge in [0.05, 0.1) is 24.9 Å². The number of ether oxygens (including phenoxy) is 2. The molecule has 24 heavy (non-hydrogen) atoms. The zero-order valence-corrected chi connectivity index (χ0v) is 15.4. The van der Waals surface area contributed by atoms with Crippen LogP contribution in [0.1, 0.15) is 31.4 Å². The molecule has 0 fully saturated rings. The summed E-state index contributed by atoms with van der Waals surface area (Å²) in [4.78, 5) is 11.5. The Labute approximate surface area is 147 Å². The maximum absolute atomic E-state index is 11.8. The third-order valence-electron chi connectivity index (χ3n) is 3.82. The summed E-state index contributed by atoms with van der Waals surface area (Å²) in [5.41, 5.74) is 2.37. The Hall–Kier alpha value is -1.31. The maximum atomic E-state index is 11.8. The van der Waals surface area contributed by atoms with Crippen molar-refractivity contribution in [1.29, 1.82) is 0 Å². The number of anilines is 1. The third-order valence-corrected chi connectivity index (χ3v) is 5.19. The number of hydrogen-bond donors (Lipinski definition) is 0. The third kappa shape index (κ3) is 4.84. The highest BCUT2D eigenvalue weighted by molar-refractivity contribution is 8.14. The van der Waals surface area contributed by atoms with E-state index in [0.29, 0.717) is 38.2 Å². The van der Waals surface area contributed by atoms with Gasteiger partial charge >= 0.3 is 15.2 Å². The Kier molecular flexibility index (Phi) is 6.48. The summed E-state index contributed by atoms with van der Waals surface area (Å²) in [6.45, 7) is 4.70. The molecule has 1 aliphatic heterocycles. The monoisotopic (exact) mass is 375 g/mol. The maximum Gasteiger partial charge on any atom is 0.321 e. The molecule has 1 aliphatic rings. The lowest BCUT2D eigenvalue weighted by Gasteiger charge is -2.33. The molecule has 1 atom stereocenters. The Morgan fingerprint density at radius 1 is 1.33 bits per heavy atom. The van der Waals surface area contributed by atoms with Crippen LogP contribution in [0.3, 0.4) is 0 Å². The Morgan fingerprint density at radius 3 is 2.71 bits per heavy atom. The van der Waals surface area contributed by atoms with Crippen molar-refractivity contribution in [2.75, 3.05) is 24.1 Å². The topological polar surface area (TPSA) is 72.9 Å². The SMILES string of the molecule is CCOC(=O)CCc1ccc2c(c1)CC(OCC)CN2S(=O)(=O)Cl. The second kappa shape index (κ2) is 8.18. The molecule has 0 saturated heterocycles. The minimum absolute atomic E-state index is 0.203. The number of esters is 1. The largest absolute Gasteiger partial charge is 0.466 e. The first-order valence-corrected chi connectivity index (χ1v) is 10.2. The highest BCUT2D eigenvalue weighted by Crippen LogP contribution is 2.32. The quantitative estimate of drug-likeness (QED) is 0.540. The van der Waals surface area contributed by atoms with Crippen LogP contribution in [0.5, 0.6) is 0 Å². The van der Waals surface area contributed by atoms with E-state index >= 15 is 0 Å². The molecule has 1 aromatic rings. The van der Waals surface area contributed by atoms with Gasteiger partial charge in [-0.3, -0.25) is 9.10 Å². The first-order valence-electron chi connectivity index (χ1n) is 7.96. The zero-order valence-electron chi connectivity index (χ0n) is 13.8. The van der Waals surface area contributed by atoms with Gasteiger partial charge < -0.3 is 9.47 Å². The summed E-state index contributed by atoms with van der Waals surface area (Å²) in [6.07, 6.45) is 1.20. The second-order valence-electron chi connectivity index (χ2n) is 5.52. The van der Waals surface area contributed by atoms with Gasteiger partial charge in [-0.1, -0.05) is 12.1 Å². The fourth-order valence-corrected chi connectivity index (χ4v) is 3.98. The molecule has 0 amide bonds. The Morgan fingerprint density at radius 2 is 2.08 bits per heavy atom. The summed E-state index contributed by atoms with van der Waals surface area (Å²) in [5, 5.41) is 0. The lowest BCUT2D eigenvalue weighted by Crippen LogP contribution is -2.41. The molecular formula is C16H22ClNO5S. The zero-order chi connectivity index (χ0) is 17.7. The molecule has 1 heterocycles. The van der Waals surface area contributed by atoms with Crippen molar-refractivity contribution in [2.45, 2.75) is 39.2 Å². The van der Waals surface area contributed by atoms with Gasteiger partial charge in [0.2, 0.25) is 0 Å². The van der Waals surface area contributed by atoms with Crippen LogP contribution in [0.4, 0.5) is 5.69 Å². The van der Waals surface area contributed by atoms with Crippen molar-refractivity contribution in [3.05, 3.63) is 29.3 Å². The van der Waals surface area contributed by atoms with Crippen LogP contribution in [-0.4, -0.2) is 40.2 Å². The lowest BCUT2D eigenvalue weighted by molar-refractivity contribution is -0.143. The van der Waals surface area contributed by atoms with Crippen LogP contribution in [0.2, 0.25) is 0 Å². The Bertz CT molecular complexity index is 692. The van der Waals surface area contributed by atoms with E-state index in [1.807, 2.05) is 19.1 Å². The van der Waals surface area contributed by atoms with Gasteiger partial charge in [-0.2, -0.15) is 8.42 Å². The minimum Gasteiger partial charge on any atom is -0.466 e. The van der Waals surface area contributed by atoms with Gasteiger partial charge in [0.25, 0.3) is 0 Å². The average Bonchev–Trinajstić information content (AvgIpc) is 2.51. The molecule has 0 aliphatic carbocycles. The second-order valence-corrected chi connectivity index (χ2v) is 7.96. The first kappa shape index (κ1) is 19.0. The number of fused-ring (bicyclic) bond motifs is 1. The number of nitrogens with zero attached hydrogens (tertiary/aromatic N) is 1. The highest BCUT2D eigenvalue weighted by Gasteiger charge is 2.31. The summed E-state index contributed by atoms with van der Waals surface area (Å²) in [7, 11) is 1.68. The van der Waals surface area contributed by atoms with Crippen molar-refractivity contribution >= 4 is 31.6 Å². The number of aryl methyl sites for hydroxylation is 1. The van der Waals surface area contributed by atoms with Crippen LogP contribution in [-0.2, 0) is 36.3 Å². The molecule has 0 bridgehead atoms. The summed E-state index contributed by atoms with van der Waals surface area (Å²) in [5.74, 6) is -0.243. The first-order chi connectivity index (χ1) is 11.3. The van der Waals surface area contributed by atoms with Gasteiger partial charge in [0.1, 0.15) is 0 Å². The molecule has 8 heteroatoms. The summed E-state index contributed by atoms with van der Waals surface area (Å²) < 4.78 is 35.4. The molecule has 0 saturated carbocycles. The van der Waals surface area contributed by atoms with Crippen LogP contribution in [0.25, 0.3) is 0 Å². The molecule has 1 aromatic carbocycles. The molecule has 6 nitrogen and oxygen atoms in total. The lowest BCUT2D eigenvalue weighted by atomic mass is 9.97. The highest BCUT2D eigenvalue weighted by atomic mass is 35.7. The molecule has 1 unspecified atom stereocenters. The van der Waals surface area contributed by atoms with Crippen LogP contribution in [0, 0.1) is 0 Å². The van der Waals surface area contributed by atoms with Crippen molar-refractivity contribution in [3.8, 4) is 0 Å². The van der Waals surface area contributed by atoms with Crippen molar-refractivity contribution in [2.24, 2.45) is 0 Å². The van der Waals surface area contributed by atoms with E-state index in [2.05, 4.69) is 0 Å². The number of carbonyl (C=O) groups is 1. The fourth-order valence-electron chi connectivity index (χ4n) is 2.83. The van der Waals surface area contributed by atoms with Crippen molar-refractivity contribution in [3.63, 3.8) is 0 Å². The van der Waals surface area contributed by atoms with E-state index in [0.717, 1.165) is 11.1 Å². The van der Waals surface area contributed by atoms with E-state index in [1.54, 1.807) is 13.0 Å². The molecular weight excluding hydrogens is 354 g/mol. The van der Waals surface area contributed by atoms with E-state index in [9.17, 15) is 13.2 Å². The molecule has 2 rings (SSSR count). The summed E-state index contributed by atoms with van der Waals surface area (Å²) in [6, 6.07) is 5.46. The van der Waals surface area contributed by atoms with Gasteiger partial charge in [0, 0.05) is 30.1 Å². The fraction of sp³-hybridized carbons (Fsp3) is 0.562. The van der Waals surface area contributed by atoms with Crippen LogP contribution in [0.15, 0.2) is 18.2 Å². The number of benzene rings is 1. The number of hydrogen-bond acceptors (Lipinski definition) is 5. The van der Waals surface area contributed by atoms with E-state index in [1.165, 1.54) is 4.31 Å². The van der Waals surface area contributed by atoms with Gasteiger partial charge in [-0.15, -0.1) is 0 Å². The smallest absolute Gasteiger partial charge is 0.321 e. The summed E-state index contributed by atoms with van der Waals surface area (Å²) >= 11 is 0. The van der Waals surface area contributed by atoms with Gasteiger partial charge in [-0.05, 0) is 37.5 Å². The van der Waals surface area contributed by atoms with Gasteiger partial charge in [-0.25, -0.2) is 0 Å². The predicted octanol–water partition coefficient (Wildman–Crippen LogP) is 2.43. The predicted molar refractivity (Wildman–Crippen MR) is 92.6 cm³/mol. The number of carbonyl (C=O) groups excluding carboxylic acids is 1. The van der Waals surface area contributed by atoms with Crippen molar-refractivity contribution in [1.82, 2.24) is 0 Å². The van der Waals surface area contributed by atoms with E-state index in [4.69, 9.17) is 20.2 Å². The van der Waals surface area contributed by atoms with E-state index in [-0.39, 0.29) is 18.6 Å². The normalized spacial score (nSPS) is 17.5. The van der Waals surface area contributed by atoms with Crippen molar-refractivity contribution < 1.29 is 22.7 Å². The number of halogens is 1. The molecule has 134 valence electrons. The minimum atomic E-state index is -3.88. The van der Waals surface area contributed by atoms with Crippen LogP contribution < -0.4 is 4.31 Å². The van der Waals surface area contributed by atoms with E-state index < -0.39 is 9.24 Å². The molecule has 0 spiro atoms. The molecule has 0 aromatic heterocycles. The van der Waals surface area contributed by atoms with Crippen LogP contribution >= 0.6 is 10.7 Å². The Balaban J connectivity index is 2.22. The standard InChI is InChI=1S/C16H22ClNO5S/c1-3-22-14-10-13-9-12(6-8-16(19)23-4-2)5-7-15(13)18(11-14)24(17,20)21/h5,7,9,14H,3-4,6,8,10-11H2,1-2H3. The molecule has 0 radical (unpaired) electrons. The average molecular weight is 376 g/mol. The number of rotatable bonds is 7.